The molecular weight excluding hydrogens is 596 g/mol. The van der Waals surface area contributed by atoms with Gasteiger partial charge >= 0.3 is 23.9 Å². The molecule has 2 N–H and O–H groups in total. The second kappa shape index (κ2) is 13.1. The Morgan fingerprint density at radius 3 is 2.17 bits per heavy atom. The summed E-state index contributed by atoms with van der Waals surface area (Å²) in [6.07, 6.45) is -2.48. The van der Waals surface area contributed by atoms with Gasteiger partial charge in [-0.15, -0.1) is 0 Å². The minimum Gasteiger partial charge on any atom is -0.463 e. The summed E-state index contributed by atoms with van der Waals surface area (Å²) in [6.45, 7) is 9.85. The van der Waals surface area contributed by atoms with Crippen molar-refractivity contribution in [2.75, 3.05) is 6.61 Å². The second-order valence-corrected chi connectivity index (χ2v) is 13.5. The molecule has 3 aliphatic carbocycles. The highest BCUT2D eigenvalue weighted by Gasteiger charge is 2.69. The zero-order valence-corrected chi connectivity index (χ0v) is 27.4. The summed E-state index contributed by atoms with van der Waals surface area (Å²) < 4.78 is 23.5. The third-order valence-electron chi connectivity index (χ3n) is 10.1. The molecule has 0 aromatic heterocycles. The maximum Gasteiger partial charge on any atom is 0.331 e. The van der Waals surface area contributed by atoms with Gasteiger partial charge in [0.25, 0.3) is 0 Å². The zero-order chi connectivity index (χ0) is 34.2. The molecule has 0 amide bonds. The van der Waals surface area contributed by atoms with Gasteiger partial charge in [-0.25, -0.2) is 4.79 Å². The number of Topliss-reactive ketones (excluding diaryl/α,β-unsaturated/α-hetero) is 1. The number of fused-ring (bicyclic) bond motifs is 3. The SMILES string of the molecule is CC(=O)OC[C@]1(O)[C@@H](O)CC[C@@]2(C)[C@@H](OC(C)=O)[C@H](OC(C)=O)C3=C(C)C(=O)C[C@@H]([C@@H](OC(=O)/C=C/c4ccccc4)[C@@H]21)C3(C)C. The third-order valence-corrected chi connectivity index (χ3v) is 10.1. The minimum atomic E-state index is -2.24. The molecule has 46 heavy (non-hydrogen) atoms. The first-order valence-corrected chi connectivity index (χ1v) is 15.5. The number of carbonyl (C=O) groups is 5. The Hall–Kier alpha value is -3.83. The lowest BCUT2D eigenvalue weighted by atomic mass is 9.47. The molecule has 1 aromatic rings. The van der Waals surface area contributed by atoms with E-state index in [1.54, 1.807) is 32.1 Å². The standard InChI is InChI=1S/C35H44O11/c1-19-25(39)17-24-29(46-27(41)14-13-23-11-9-8-10-12-23)31-34(7,16-15-26(40)35(31,42)18-43-20(2)36)32(45-22(4)38)30(44-21(3)37)28(19)33(24,5)6/h8-14,24,26,29-32,40,42H,15-18H2,1-7H3/b14-13+/t24-,26-,29+,30+,31-,32-,34+,35-/m0/s1. The average molecular weight is 641 g/mol. The Morgan fingerprint density at radius 2 is 1.59 bits per heavy atom. The van der Waals surface area contributed by atoms with Crippen LogP contribution in [0.3, 0.4) is 0 Å². The van der Waals surface area contributed by atoms with Gasteiger partial charge in [0.15, 0.2) is 11.9 Å². The van der Waals surface area contributed by atoms with Crippen molar-refractivity contribution in [3.63, 3.8) is 0 Å². The number of rotatable bonds is 7. The molecule has 8 atom stereocenters. The third kappa shape index (κ3) is 6.53. The molecular formula is C35H44O11. The van der Waals surface area contributed by atoms with Crippen LogP contribution in [0.15, 0.2) is 47.6 Å². The molecule has 11 heteroatoms. The maximum absolute atomic E-state index is 13.7. The number of ether oxygens (including phenoxy) is 4. The smallest absolute Gasteiger partial charge is 0.331 e. The van der Waals surface area contributed by atoms with Crippen LogP contribution in [0.2, 0.25) is 0 Å². The number of ketones is 1. The van der Waals surface area contributed by atoms with Crippen molar-refractivity contribution in [1.82, 2.24) is 0 Å². The molecule has 250 valence electrons. The molecule has 2 saturated carbocycles. The highest BCUT2D eigenvalue weighted by atomic mass is 16.6. The van der Waals surface area contributed by atoms with E-state index in [1.807, 2.05) is 32.0 Å². The van der Waals surface area contributed by atoms with E-state index in [1.165, 1.54) is 19.9 Å². The second-order valence-electron chi connectivity index (χ2n) is 13.5. The lowest BCUT2D eigenvalue weighted by Crippen LogP contribution is -2.72. The van der Waals surface area contributed by atoms with E-state index < -0.39 is 83.2 Å². The van der Waals surface area contributed by atoms with E-state index in [4.69, 9.17) is 18.9 Å². The Balaban J connectivity index is 2.02. The Labute approximate surface area is 268 Å². The van der Waals surface area contributed by atoms with Crippen molar-refractivity contribution < 1.29 is 53.1 Å². The van der Waals surface area contributed by atoms with Gasteiger partial charge in [-0.2, -0.15) is 0 Å². The van der Waals surface area contributed by atoms with Gasteiger partial charge in [0.1, 0.15) is 24.4 Å². The largest absolute Gasteiger partial charge is 0.463 e. The van der Waals surface area contributed by atoms with Gasteiger partial charge in [-0.1, -0.05) is 51.1 Å². The van der Waals surface area contributed by atoms with Crippen molar-refractivity contribution in [3.05, 3.63) is 53.1 Å². The van der Waals surface area contributed by atoms with Gasteiger partial charge in [0.05, 0.1) is 6.10 Å². The van der Waals surface area contributed by atoms with Crippen LogP contribution in [-0.2, 0) is 42.9 Å². The molecule has 2 fully saturated rings. The van der Waals surface area contributed by atoms with Crippen LogP contribution in [0.1, 0.15) is 73.3 Å². The monoisotopic (exact) mass is 640 g/mol. The van der Waals surface area contributed by atoms with Crippen LogP contribution in [0, 0.1) is 22.7 Å². The molecule has 3 aliphatic rings. The molecule has 1 aromatic carbocycles. The first-order valence-electron chi connectivity index (χ1n) is 15.5. The number of esters is 4. The van der Waals surface area contributed by atoms with Crippen LogP contribution in [-0.4, -0.2) is 76.5 Å². The molecule has 2 bridgehead atoms. The van der Waals surface area contributed by atoms with Crippen LogP contribution in [0.5, 0.6) is 0 Å². The van der Waals surface area contributed by atoms with E-state index in [2.05, 4.69) is 0 Å². The van der Waals surface area contributed by atoms with E-state index in [0.29, 0.717) is 11.1 Å². The number of carbonyl (C=O) groups excluding carboxylic acids is 5. The summed E-state index contributed by atoms with van der Waals surface area (Å²) in [5, 5.41) is 23.9. The molecule has 0 saturated heterocycles. The maximum atomic E-state index is 13.7. The van der Waals surface area contributed by atoms with E-state index >= 15 is 0 Å². The predicted molar refractivity (Wildman–Crippen MR) is 164 cm³/mol. The zero-order valence-electron chi connectivity index (χ0n) is 27.4. The topological polar surface area (TPSA) is 163 Å². The van der Waals surface area contributed by atoms with Crippen molar-refractivity contribution >= 4 is 35.7 Å². The summed E-state index contributed by atoms with van der Waals surface area (Å²) in [5.74, 6) is -5.29. The van der Waals surface area contributed by atoms with Crippen molar-refractivity contribution in [3.8, 4) is 0 Å². The van der Waals surface area contributed by atoms with Crippen LogP contribution in [0.4, 0.5) is 0 Å². The number of aliphatic hydroxyl groups excluding tert-OH is 1. The first-order chi connectivity index (χ1) is 21.4. The quantitative estimate of drug-likeness (QED) is 0.255. The van der Waals surface area contributed by atoms with Crippen LogP contribution in [0.25, 0.3) is 6.08 Å². The van der Waals surface area contributed by atoms with Gasteiger partial charge in [0, 0.05) is 50.5 Å². The van der Waals surface area contributed by atoms with Gasteiger partial charge in [-0.05, 0) is 48.0 Å². The first kappa shape index (κ1) is 35.0. The Kier molecular flexibility index (Phi) is 9.99. The van der Waals surface area contributed by atoms with Gasteiger partial charge in [0.2, 0.25) is 0 Å². The molecule has 0 radical (unpaired) electrons. The predicted octanol–water partition coefficient (Wildman–Crippen LogP) is 3.49. The highest BCUT2D eigenvalue weighted by molar-refractivity contribution is 5.97. The van der Waals surface area contributed by atoms with E-state index in [0.717, 1.165) is 12.5 Å². The van der Waals surface area contributed by atoms with Crippen LogP contribution < -0.4 is 0 Å². The lowest BCUT2D eigenvalue weighted by molar-refractivity contribution is -0.271. The average Bonchev–Trinajstić information content (AvgIpc) is 2.97. The number of benzene rings is 1. The highest BCUT2D eigenvalue weighted by Crippen LogP contribution is 2.61. The van der Waals surface area contributed by atoms with Crippen molar-refractivity contribution in [2.45, 2.75) is 97.7 Å². The summed E-state index contributed by atoms with van der Waals surface area (Å²) >= 11 is 0. The summed E-state index contributed by atoms with van der Waals surface area (Å²) in [6, 6.07) is 9.05. The van der Waals surface area contributed by atoms with Crippen molar-refractivity contribution in [2.24, 2.45) is 22.7 Å². The van der Waals surface area contributed by atoms with Gasteiger partial charge in [-0.3, -0.25) is 19.2 Å². The molecule has 0 spiro atoms. The van der Waals surface area contributed by atoms with Crippen molar-refractivity contribution in [1.29, 1.82) is 0 Å². The number of allylic oxidation sites excluding steroid dienone is 1. The Morgan fingerprint density at radius 1 is 0.957 bits per heavy atom. The van der Waals surface area contributed by atoms with Crippen LogP contribution >= 0.6 is 0 Å². The molecule has 4 rings (SSSR count). The minimum absolute atomic E-state index is 0.0189. The summed E-state index contributed by atoms with van der Waals surface area (Å²) in [7, 11) is 0. The number of hydrogen-bond acceptors (Lipinski definition) is 11. The summed E-state index contributed by atoms with van der Waals surface area (Å²) in [5.41, 5.74) is -3.13. The Bertz CT molecular complexity index is 1440. The molecule has 0 heterocycles. The fourth-order valence-electron chi connectivity index (χ4n) is 8.02. The number of hydrogen-bond donors (Lipinski definition) is 2. The van der Waals surface area contributed by atoms with E-state index in [9.17, 15) is 34.2 Å². The fraction of sp³-hybridized carbons (Fsp3) is 0.571. The number of aliphatic hydroxyl groups is 2. The molecule has 0 aliphatic heterocycles. The molecule has 11 nitrogen and oxygen atoms in total. The molecule has 0 unspecified atom stereocenters. The van der Waals surface area contributed by atoms with Gasteiger partial charge < -0.3 is 29.2 Å². The lowest BCUT2D eigenvalue weighted by Gasteiger charge is -2.62. The summed E-state index contributed by atoms with van der Waals surface area (Å²) in [4.78, 5) is 64.7. The normalized spacial score (nSPS) is 33.7. The fourth-order valence-corrected chi connectivity index (χ4v) is 8.02. The van der Waals surface area contributed by atoms with E-state index in [-0.39, 0.29) is 25.0 Å².